The molecule has 3 aromatic carbocycles. The number of carbonyl (C=O) groups excluding carboxylic acids is 2. The number of nitrogens with one attached hydrogen (secondary N) is 2. The van der Waals surface area contributed by atoms with Gasteiger partial charge in [0, 0.05) is 11.1 Å². The first-order valence-corrected chi connectivity index (χ1v) is 12.8. The highest BCUT2D eigenvalue weighted by Gasteiger charge is 2.36. The van der Waals surface area contributed by atoms with Crippen molar-refractivity contribution < 1.29 is 14.0 Å². The predicted molar refractivity (Wildman–Crippen MR) is 146 cm³/mol. The van der Waals surface area contributed by atoms with Gasteiger partial charge >= 0.3 is 0 Å². The minimum absolute atomic E-state index is 0.0724. The number of aromatic nitrogens is 2. The number of hydrogen-bond acceptors (Lipinski definition) is 4. The number of nitrogen functional groups attached to an aromatic ring is 1. The summed E-state index contributed by atoms with van der Waals surface area (Å²) >= 11 is 0. The van der Waals surface area contributed by atoms with E-state index in [1.54, 1.807) is 24.3 Å². The summed E-state index contributed by atoms with van der Waals surface area (Å²) in [5.41, 5.74) is 9.35. The van der Waals surface area contributed by atoms with Gasteiger partial charge in [0.1, 0.15) is 17.4 Å². The molecule has 38 heavy (non-hydrogen) atoms. The first kappa shape index (κ1) is 25.4. The monoisotopic (exact) mass is 513 g/mol. The van der Waals surface area contributed by atoms with Gasteiger partial charge in [-0.2, -0.15) is 5.10 Å². The highest BCUT2D eigenvalue weighted by Crippen LogP contribution is 2.32. The lowest BCUT2D eigenvalue weighted by Gasteiger charge is -2.31. The molecule has 5 rings (SSSR count). The van der Waals surface area contributed by atoms with Crippen molar-refractivity contribution in [2.75, 3.05) is 5.73 Å². The second kappa shape index (κ2) is 9.93. The molecule has 196 valence electrons. The van der Waals surface area contributed by atoms with Crippen LogP contribution in [-0.4, -0.2) is 27.6 Å². The van der Waals surface area contributed by atoms with Crippen LogP contribution in [0.5, 0.6) is 0 Å². The molecule has 0 fully saturated rings. The van der Waals surface area contributed by atoms with Crippen molar-refractivity contribution in [3.63, 3.8) is 0 Å². The Morgan fingerprint density at radius 3 is 2.55 bits per heavy atom. The Morgan fingerprint density at radius 2 is 1.82 bits per heavy atom. The van der Waals surface area contributed by atoms with Crippen molar-refractivity contribution in [1.82, 2.24) is 20.4 Å². The molecule has 0 saturated carbocycles. The van der Waals surface area contributed by atoms with Crippen LogP contribution >= 0.6 is 0 Å². The first-order valence-electron chi connectivity index (χ1n) is 12.8. The Hall–Kier alpha value is -4.20. The number of hydrogen-bond donors (Lipinski definition) is 3. The minimum Gasteiger partial charge on any atom is -0.399 e. The van der Waals surface area contributed by atoms with Crippen LogP contribution in [0.2, 0.25) is 0 Å². The van der Waals surface area contributed by atoms with E-state index in [2.05, 4.69) is 21.8 Å². The molecule has 1 heterocycles. The Labute approximate surface area is 221 Å². The molecule has 8 heteroatoms. The van der Waals surface area contributed by atoms with Gasteiger partial charge in [-0.3, -0.25) is 14.3 Å². The number of anilines is 1. The van der Waals surface area contributed by atoms with Gasteiger partial charge in [-0.25, -0.2) is 4.39 Å². The largest absolute Gasteiger partial charge is 0.399 e. The lowest BCUT2D eigenvalue weighted by atomic mass is 9.85. The number of nitrogens with zero attached hydrogens (tertiary/aromatic N) is 2. The summed E-state index contributed by atoms with van der Waals surface area (Å²) in [6, 6.07) is 18.9. The number of fused-ring (bicyclic) bond motifs is 2. The molecule has 2 atom stereocenters. The minimum atomic E-state index is -0.825. The zero-order valence-electron chi connectivity index (χ0n) is 21.8. The number of amides is 2. The molecule has 1 unspecified atom stereocenters. The summed E-state index contributed by atoms with van der Waals surface area (Å²) < 4.78 is 16.4. The number of nitrogens with two attached hydrogens (primary N) is 1. The van der Waals surface area contributed by atoms with Crippen molar-refractivity contribution in [3.05, 3.63) is 94.9 Å². The third-order valence-corrected chi connectivity index (χ3v) is 7.10. The van der Waals surface area contributed by atoms with Gasteiger partial charge < -0.3 is 16.4 Å². The summed E-state index contributed by atoms with van der Waals surface area (Å²) in [6.45, 7) is 5.96. The van der Waals surface area contributed by atoms with Crippen LogP contribution < -0.4 is 16.4 Å². The van der Waals surface area contributed by atoms with E-state index in [0.717, 1.165) is 24.0 Å². The van der Waals surface area contributed by atoms with E-state index in [0.29, 0.717) is 11.1 Å². The zero-order chi connectivity index (χ0) is 27.0. The van der Waals surface area contributed by atoms with E-state index in [1.807, 2.05) is 51.1 Å². The van der Waals surface area contributed by atoms with E-state index in [1.165, 1.54) is 16.3 Å². The molecular weight excluding hydrogens is 481 g/mol. The van der Waals surface area contributed by atoms with Crippen molar-refractivity contribution in [3.8, 4) is 0 Å². The number of para-hydroxylation sites is 1. The van der Waals surface area contributed by atoms with Crippen LogP contribution in [0.3, 0.4) is 0 Å². The number of halogens is 1. The SMILES string of the molecule is CC(C)(C)C(NC(=O)c1nn(Cc2ccc(N)cc2)c2c(F)cccc12)C(=O)N[C@@H]1CCc2ccccc21. The molecule has 1 aromatic heterocycles. The Kier molecular flexibility index (Phi) is 6.65. The standard InChI is InChI=1S/C30H32FN5O2/c1-30(2,3)27(29(38)33-24-16-13-19-7-4-5-8-21(19)24)34-28(37)25-22-9-6-10-23(31)26(22)36(35-25)17-18-11-14-20(32)15-12-18/h4-12,14-15,24,27H,13,16-17,32H2,1-3H3,(H,33,38)(H,34,37)/t24-,27?/m1/s1. The summed E-state index contributed by atoms with van der Waals surface area (Å²) in [4.78, 5) is 27.1. The van der Waals surface area contributed by atoms with Crippen LogP contribution in [0.4, 0.5) is 10.1 Å². The summed E-state index contributed by atoms with van der Waals surface area (Å²) in [5, 5.41) is 10.9. The third-order valence-electron chi connectivity index (χ3n) is 7.10. The topological polar surface area (TPSA) is 102 Å². The zero-order valence-corrected chi connectivity index (χ0v) is 21.8. The normalized spacial score (nSPS) is 15.7. The van der Waals surface area contributed by atoms with Crippen molar-refractivity contribution in [2.24, 2.45) is 5.41 Å². The molecule has 4 N–H and O–H groups in total. The van der Waals surface area contributed by atoms with Gasteiger partial charge in [-0.1, -0.05) is 69.3 Å². The van der Waals surface area contributed by atoms with Gasteiger partial charge in [0.05, 0.1) is 12.6 Å². The van der Waals surface area contributed by atoms with Crippen molar-refractivity contribution >= 4 is 28.4 Å². The van der Waals surface area contributed by atoms with Crippen LogP contribution in [0, 0.1) is 11.2 Å². The fourth-order valence-electron chi connectivity index (χ4n) is 5.11. The summed E-state index contributed by atoms with van der Waals surface area (Å²) in [6.07, 6.45) is 1.71. The molecule has 0 saturated heterocycles. The Balaban J connectivity index is 1.42. The molecule has 0 bridgehead atoms. The fraction of sp³-hybridized carbons (Fsp3) is 0.300. The van der Waals surface area contributed by atoms with Crippen LogP contribution in [0.15, 0.2) is 66.7 Å². The average molecular weight is 514 g/mol. The third kappa shape index (κ3) is 4.98. The maximum Gasteiger partial charge on any atom is 0.273 e. The quantitative estimate of drug-likeness (QED) is 0.324. The van der Waals surface area contributed by atoms with Gasteiger partial charge in [-0.05, 0) is 53.1 Å². The molecule has 4 aromatic rings. The van der Waals surface area contributed by atoms with E-state index in [9.17, 15) is 14.0 Å². The fourth-order valence-corrected chi connectivity index (χ4v) is 5.11. The van der Waals surface area contributed by atoms with Crippen LogP contribution in [0.25, 0.3) is 10.9 Å². The molecule has 1 aliphatic rings. The smallest absolute Gasteiger partial charge is 0.273 e. The summed E-state index contributed by atoms with van der Waals surface area (Å²) in [5.74, 6) is -1.27. The molecule has 1 aliphatic carbocycles. The van der Waals surface area contributed by atoms with Gasteiger partial charge in [0.25, 0.3) is 5.91 Å². The molecule has 0 spiro atoms. The van der Waals surface area contributed by atoms with Crippen LogP contribution in [0.1, 0.15) is 60.4 Å². The van der Waals surface area contributed by atoms with E-state index in [4.69, 9.17) is 5.73 Å². The lowest BCUT2D eigenvalue weighted by molar-refractivity contribution is -0.126. The Bertz CT molecular complexity index is 1500. The van der Waals surface area contributed by atoms with Crippen molar-refractivity contribution in [1.29, 1.82) is 0 Å². The lowest BCUT2D eigenvalue weighted by Crippen LogP contribution is -2.54. The number of carbonyl (C=O) groups is 2. The number of benzene rings is 3. The van der Waals surface area contributed by atoms with Crippen molar-refractivity contribution in [2.45, 2.75) is 52.2 Å². The first-order chi connectivity index (χ1) is 18.1. The highest BCUT2D eigenvalue weighted by atomic mass is 19.1. The predicted octanol–water partition coefficient (Wildman–Crippen LogP) is 4.75. The Morgan fingerprint density at radius 1 is 1.08 bits per heavy atom. The maximum atomic E-state index is 14.9. The molecular formula is C30H32FN5O2. The molecule has 2 amide bonds. The number of aryl methyl sites for hydroxylation is 1. The maximum absolute atomic E-state index is 14.9. The van der Waals surface area contributed by atoms with E-state index >= 15 is 0 Å². The number of rotatable bonds is 6. The van der Waals surface area contributed by atoms with Gasteiger partial charge in [0.2, 0.25) is 5.91 Å². The molecule has 0 aliphatic heterocycles. The van der Waals surface area contributed by atoms with Crippen LogP contribution in [-0.2, 0) is 17.8 Å². The molecule has 7 nitrogen and oxygen atoms in total. The second-order valence-electron chi connectivity index (χ2n) is 11.0. The summed E-state index contributed by atoms with van der Waals surface area (Å²) in [7, 11) is 0. The average Bonchev–Trinajstić information content (AvgIpc) is 3.45. The second-order valence-corrected chi connectivity index (χ2v) is 11.0. The highest BCUT2D eigenvalue weighted by molar-refractivity contribution is 6.06. The molecule has 0 radical (unpaired) electrons. The van der Waals surface area contributed by atoms with Gasteiger partial charge in [-0.15, -0.1) is 0 Å². The van der Waals surface area contributed by atoms with Gasteiger partial charge in [0.15, 0.2) is 5.69 Å². The van der Waals surface area contributed by atoms with E-state index in [-0.39, 0.29) is 29.7 Å². The van der Waals surface area contributed by atoms with E-state index < -0.39 is 23.2 Å².